The number of hydrogen-bond donors (Lipinski definition) is 2. The van der Waals surface area contributed by atoms with Gasteiger partial charge in [-0.3, -0.25) is 4.79 Å². The highest BCUT2D eigenvalue weighted by atomic mass is 32.2. The summed E-state index contributed by atoms with van der Waals surface area (Å²) in [6, 6.07) is 25.1. The standard InChI is InChI=1S/C25H23N3O3S2/c1-2-26-33(30,31)17-19-10-14-22(15-11-19)27-25-28-24(29)23(32-25)16-18-8-12-21(13-9-18)20-6-4-3-5-7-20/h3-16,26H,2,17H2,1H3,(H,27,28,29)/b23-16+. The van der Waals surface area contributed by atoms with Crippen molar-refractivity contribution >= 4 is 44.6 Å². The van der Waals surface area contributed by atoms with Gasteiger partial charge in [0.15, 0.2) is 5.17 Å². The van der Waals surface area contributed by atoms with E-state index < -0.39 is 10.0 Å². The first-order valence-electron chi connectivity index (χ1n) is 10.4. The van der Waals surface area contributed by atoms with Crippen LogP contribution in [0.15, 0.2) is 88.8 Å². The molecule has 0 saturated carbocycles. The van der Waals surface area contributed by atoms with Crippen molar-refractivity contribution in [3.8, 4) is 11.1 Å². The van der Waals surface area contributed by atoms with Crippen LogP contribution in [-0.4, -0.2) is 26.0 Å². The number of aliphatic imine (C=N–C) groups is 1. The second kappa shape index (κ2) is 10.2. The molecule has 168 valence electrons. The third kappa shape index (κ3) is 6.19. The summed E-state index contributed by atoms with van der Waals surface area (Å²) in [5, 5.41) is 3.27. The van der Waals surface area contributed by atoms with Crippen LogP contribution in [0.3, 0.4) is 0 Å². The summed E-state index contributed by atoms with van der Waals surface area (Å²) in [5.41, 5.74) is 4.49. The summed E-state index contributed by atoms with van der Waals surface area (Å²) in [5.74, 6) is -0.279. The average Bonchev–Trinajstić information content (AvgIpc) is 3.14. The zero-order chi connectivity index (χ0) is 23.3. The van der Waals surface area contributed by atoms with Gasteiger partial charge in [0.1, 0.15) is 0 Å². The predicted octanol–water partition coefficient (Wildman–Crippen LogP) is 4.68. The number of thioether (sulfide) groups is 1. The number of amidine groups is 1. The largest absolute Gasteiger partial charge is 0.300 e. The molecule has 0 atom stereocenters. The summed E-state index contributed by atoms with van der Waals surface area (Å²) in [6.07, 6.45) is 1.84. The van der Waals surface area contributed by atoms with Gasteiger partial charge in [-0.1, -0.05) is 73.7 Å². The first-order chi connectivity index (χ1) is 15.9. The van der Waals surface area contributed by atoms with Gasteiger partial charge in [-0.2, -0.15) is 0 Å². The van der Waals surface area contributed by atoms with Crippen LogP contribution in [0.1, 0.15) is 18.1 Å². The van der Waals surface area contributed by atoms with Crippen LogP contribution in [0.4, 0.5) is 5.69 Å². The van der Waals surface area contributed by atoms with E-state index in [1.165, 1.54) is 11.8 Å². The van der Waals surface area contributed by atoms with Crippen molar-refractivity contribution in [3.63, 3.8) is 0 Å². The zero-order valence-corrected chi connectivity index (χ0v) is 19.6. The summed E-state index contributed by atoms with van der Waals surface area (Å²) < 4.78 is 26.2. The van der Waals surface area contributed by atoms with Crippen molar-refractivity contribution in [2.75, 3.05) is 6.54 Å². The van der Waals surface area contributed by atoms with Crippen LogP contribution < -0.4 is 10.0 Å². The highest BCUT2D eigenvalue weighted by Gasteiger charge is 2.23. The number of carbonyl (C=O) groups excluding carboxylic acids is 1. The normalized spacial score (nSPS) is 16.3. The molecule has 1 saturated heterocycles. The minimum absolute atomic E-state index is 0.0842. The molecule has 2 N–H and O–H groups in total. The van der Waals surface area contributed by atoms with Gasteiger partial charge in [-0.15, -0.1) is 0 Å². The highest BCUT2D eigenvalue weighted by molar-refractivity contribution is 8.18. The third-order valence-electron chi connectivity index (χ3n) is 4.85. The maximum atomic E-state index is 12.4. The van der Waals surface area contributed by atoms with Crippen LogP contribution in [0.2, 0.25) is 0 Å². The van der Waals surface area contributed by atoms with Crippen molar-refractivity contribution in [2.45, 2.75) is 12.7 Å². The van der Waals surface area contributed by atoms with Gasteiger partial charge in [-0.25, -0.2) is 18.1 Å². The first kappa shape index (κ1) is 23.0. The Balaban J connectivity index is 1.44. The molecule has 1 aliphatic rings. The van der Waals surface area contributed by atoms with E-state index in [4.69, 9.17) is 0 Å². The molecule has 1 fully saturated rings. The maximum absolute atomic E-state index is 12.4. The van der Waals surface area contributed by atoms with Gasteiger partial charge in [-0.05, 0) is 52.2 Å². The van der Waals surface area contributed by atoms with E-state index in [-0.39, 0.29) is 11.7 Å². The number of sulfonamides is 1. The van der Waals surface area contributed by atoms with Crippen LogP contribution >= 0.6 is 11.8 Å². The average molecular weight is 478 g/mol. The molecular formula is C25H23N3O3S2. The minimum atomic E-state index is -3.34. The van der Waals surface area contributed by atoms with Crippen LogP contribution in [-0.2, 0) is 20.6 Å². The van der Waals surface area contributed by atoms with Crippen LogP contribution in [0, 0.1) is 0 Å². The lowest BCUT2D eigenvalue weighted by Crippen LogP contribution is -2.24. The molecule has 6 nitrogen and oxygen atoms in total. The van der Waals surface area contributed by atoms with E-state index in [1.54, 1.807) is 31.2 Å². The Morgan fingerprint density at radius 3 is 2.27 bits per heavy atom. The number of benzene rings is 3. The van der Waals surface area contributed by atoms with Gasteiger partial charge in [0.25, 0.3) is 5.91 Å². The molecule has 0 aliphatic carbocycles. The first-order valence-corrected chi connectivity index (χ1v) is 12.9. The fourth-order valence-corrected chi connectivity index (χ4v) is 5.32. The van der Waals surface area contributed by atoms with Crippen molar-refractivity contribution in [2.24, 2.45) is 4.99 Å². The monoisotopic (exact) mass is 477 g/mol. The Morgan fingerprint density at radius 1 is 0.939 bits per heavy atom. The Hall–Kier alpha value is -3.20. The molecule has 0 aromatic heterocycles. The highest BCUT2D eigenvalue weighted by Crippen LogP contribution is 2.29. The molecule has 1 amide bonds. The van der Waals surface area contributed by atoms with Crippen molar-refractivity contribution in [1.29, 1.82) is 0 Å². The molecule has 0 unspecified atom stereocenters. The lowest BCUT2D eigenvalue weighted by Gasteiger charge is -2.05. The van der Waals surface area contributed by atoms with E-state index in [1.807, 2.05) is 48.5 Å². The predicted molar refractivity (Wildman–Crippen MR) is 135 cm³/mol. The molecule has 0 spiro atoms. The van der Waals surface area contributed by atoms with Crippen LogP contribution in [0.5, 0.6) is 0 Å². The van der Waals surface area contributed by atoms with Crippen molar-refractivity contribution in [3.05, 3.63) is 94.9 Å². The van der Waals surface area contributed by atoms with Gasteiger partial charge in [0, 0.05) is 6.54 Å². The number of amides is 1. The molecule has 1 aliphatic heterocycles. The van der Waals surface area contributed by atoms with Gasteiger partial charge < -0.3 is 5.32 Å². The van der Waals surface area contributed by atoms with Gasteiger partial charge >= 0.3 is 0 Å². The number of nitrogens with one attached hydrogen (secondary N) is 2. The summed E-state index contributed by atoms with van der Waals surface area (Å²) in [4.78, 5) is 17.4. The Labute approximate surface area is 197 Å². The van der Waals surface area contributed by atoms with E-state index in [9.17, 15) is 13.2 Å². The molecule has 3 aromatic rings. The van der Waals surface area contributed by atoms with Gasteiger partial charge in [0.2, 0.25) is 10.0 Å². The minimum Gasteiger partial charge on any atom is -0.300 e. The van der Waals surface area contributed by atoms with E-state index in [0.717, 1.165) is 16.7 Å². The van der Waals surface area contributed by atoms with E-state index in [2.05, 4.69) is 27.2 Å². The second-order valence-corrected chi connectivity index (χ2v) is 10.2. The smallest absolute Gasteiger partial charge is 0.264 e. The fraction of sp³-hybridized carbons (Fsp3) is 0.120. The molecular weight excluding hydrogens is 454 g/mol. The SMILES string of the molecule is CCNS(=O)(=O)Cc1ccc(N=C2NC(=O)/C(=C\c3ccc(-c4ccccc4)cc3)S2)cc1. The maximum Gasteiger partial charge on any atom is 0.264 e. The number of hydrogen-bond acceptors (Lipinski definition) is 5. The third-order valence-corrected chi connectivity index (χ3v) is 7.21. The molecule has 1 heterocycles. The second-order valence-electron chi connectivity index (χ2n) is 7.39. The summed E-state index contributed by atoms with van der Waals surface area (Å²) in [7, 11) is -3.34. The quantitative estimate of drug-likeness (QED) is 0.484. The van der Waals surface area contributed by atoms with Gasteiger partial charge in [0.05, 0.1) is 16.3 Å². The Kier molecular flexibility index (Phi) is 7.08. The fourth-order valence-electron chi connectivity index (χ4n) is 3.31. The van der Waals surface area contributed by atoms with Crippen molar-refractivity contribution < 1.29 is 13.2 Å². The molecule has 4 rings (SSSR count). The molecule has 0 bridgehead atoms. The zero-order valence-electron chi connectivity index (χ0n) is 18.0. The van der Waals surface area contributed by atoms with E-state index in [0.29, 0.717) is 27.9 Å². The topological polar surface area (TPSA) is 87.6 Å². The van der Waals surface area contributed by atoms with Crippen LogP contribution in [0.25, 0.3) is 17.2 Å². The molecule has 3 aromatic carbocycles. The lowest BCUT2D eigenvalue weighted by molar-refractivity contribution is -0.115. The van der Waals surface area contributed by atoms with Crippen molar-refractivity contribution in [1.82, 2.24) is 10.0 Å². The molecule has 33 heavy (non-hydrogen) atoms. The lowest BCUT2D eigenvalue weighted by atomic mass is 10.0. The Morgan fingerprint density at radius 2 is 1.61 bits per heavy atom. The van der Waals surface area contributed by atoms with E-state index >= 15 is 0 Å². The number of carbonyl (C=O) groups is 1. The molecule has 8 heteroatoms. The summed E-state index contributed by atoms with van der Waals surface area (Å²) >= 11 is 1.27. The Bertz CT molecular complexity index is 1300. The number of nitrogens with zero attached hydrogens (tertiary/aromatic N) is 1. The summed E-state index contributed by atoms with van der Waals surface area (Å²) in [6.45, 7) is 2.10. The molecule has 0 radical (unpaired) electrons. The number of rotatable bonds is 7.